The van der Waals surface area contributed by atoms with E-state index in [4.69, 9.17) is 10.5 Å². The molecule has 0 spiro atoms. The summed E-state index contributed by atoms with van der Waals surface area (Å²) in [5.41, 5.74) is 4.90. The molecule has 3 heteroatoms. The SMILES string of the molecule is CCOc1ccc([C@@]2(F)C[C@@H]2N)cc1. The molecule has 0 saturated heterocycles. The molecule has 1 saturated carbocycles. The predicted octanol–water partition coefficient (Wildman–Crippen LogP) is 1.98. The first-order valence-electron chi connectivity index (χ1n) is 4.84. The lowest BCUT2D eigenvalue weighted by Crippen LogP contribution is -2.12. The Kier molecular flexibility index (Phi) is 2.19. The summed E-state index contributed by atoms with van der Waals surface area (Å²) >= 11 is 0. The minimum absolute atomic E-state index is 0.333. The molecule has 2 atom stereocenters. The van der Waals surface area contributed by atoms with Crippen LogP contribution in [-0.2, 0) is 5.67 Å². The first-order chi connectivity index (χ1) is 6.66. The molecule has 0 amide bonds. The summed E-state index contributed by atoms with van der Waals surface area (Å²) in [6, 6.07) is 6.73. The van der Waals surface area contributed by atoms with Crippen LogP contribution in [-0.4, -0.2) is 12.6 Å². The normalized spacial score (nSPS) is 30.1. The average molecular weight is 195 g/mol. The van der Waals surface area contributed by atoms with Gasteiger partial charge < -0.3 is 10.5 Å². The van der Waals surface area contributed by atoms with E-state index in [0.717, 1.165) is 5.75 Å². The molecule has 1 aromatic carbocycles. The fourth-order valence-corrected chi connectivity index (χ4v) is 1.59. The number of nitrogens with two attached hydrogens (primary N) is 1. The van der Waals surface area contributed by atoms with Gasteiger partial charge in [0.15, 0.2) is 5.67 Å². The molecule has 1 fully saturated rings. The van der Waals surface area contributed by atoms with Crippen LogP contribution in [0.25, 0.3) is 0 Å². The number of hydrogen-bond donors (Lipinski definition) is 1. The van der Waals surface area contributed by atoms with Gasteiger partial charge in [-0.15, -0.1) is 0 Å². The third-order valence-electron chi connectivity index (χ3n) is 2.59. The number of alkyl halides is 1. The van der Waals surface area contributed by atoms with E-state index >= 15 is 0 Å². The van der Waals surface area contributed by atoms with Crippen LogP contribution >= 0.6 is 0 Å². The zero-order chi connectivity index (χ0) is 10.2. The predicted molar refractivity (Wildman–Crippen MR) is 53.0 cm³/mol. The van der Waals surface area contributed by atoms with E-state index in [1.54, 1.807) is 24.3 Å². The van der Waals surface area contributed by atoms with E-state index in [1.165, 1.54) is 0 Å². The molecule has 2 rings (SSSR count). The highest BCUT2D eigenvalue weighted by Crippen LogP contribution is 2.48. The Labute approximate surface area is 82.9 Å². The van der Waals surface area contributed by atoms with Crippen molar-refractivity contribution < 1.29 is 9.13 Å². The van der Waals surface area contributed by atoms with Gasteiger partial charge in [0.25, 0.3) is 0 Å². The Balaban J connectivity index is 2.15. The van der Waals surface area contributed by atoms with Crippen molar-refractivity contribution in [1.29, 1.82) is 0 Å². The van der Waals surface area contributed by atoms with Crippen LogP contribution in [0.4, 0.5) is 4.39 Å². The molecule has 0 radical (unpaired) electrons. The highest BCUT2D eigenvalue weighted by Gasteiger charge is 2.54. The second kappa shape index (κ2) is 3.24. The van der Waals surface area contributed by atoms with E-state index in [-0.39, 0.29) is 6.04 Å². The van der Waals surface area contributed by atoms with Gasteiger partial charge >= 0.3 is 0 Å². The summed E-state index contributed by atoms with van der Waals surface area (Å²) in [6.07, 6.45) is 0.432. The lowest BCUT2D eigenvalue weighted by atomic mass is 10.1. The van der Waals surface area contributed by atoms with Gasteiger partial charge in [0.2, 0.25) is 0 Å². The van der Waals surface area contributed by atoms with Gasteiger partial charge in [-0.05, 0) is 24.6 Å². The first-order valence-corrected chi connectivity index (χ1v) is 4.84. The average Bonchev–Trinajstić information content (AvgIpc) is 2.78. The minimum atomic E-state index is -1.29. The number of hydrogen-bond acceptors (Lipinski definition) is 2. The molecule has 0 aliphatic heterocycles. The molecule has 2 nitrogen and oxygen atoms in total. The second-order valence-electron chi connectivity index (χ2n) is 3.63. The number of ether oxygens (including phenoxy) is 1. The number of benzene rings is 1. The summed E-state index contributed by atoms with van der Waals surface area (Å²) in [4.78, 5) is 0. The Morgan fingerprint density at radius 1 is 1.50 bits per heavy atom. The molecule has 1 aliphatic rings. The fraction of sp³-hybridized carbons (Fsp3) is 0.455. The lowest BCUT2D eigenvalue weighted by Gasteiger charge is -2.08. The lowest BCUT2D eigenvalue weighted by molar-refractivity contribution is 0.305. The molecule has 1 aliphatic carbocycles. The molecular weight excluding hydrogens is 181 g/mol. The smallest absolute Gasteiger partial charge is 0.152 e. The highest BCUT2D eigenvalue weighted by molar-refractivity contribution is 5.36. The van der Waals surface area contributed by atoms with Crippen molar-refractivity contribution in [3.05, 3.63) is 29.8 Å². The molecule has 0 aromatic heterocycles. The van der Waals surface area contributed by atoms with Crippen molar-refractivity contribution in [3.63, 3.8) is 0 Å². The third kappa shape index (κ3) is 1.48. The Bertz CT molecular complexity index is 325. The maximum atomic E-state index is 13.8. The van der Waals surface area contributed by atoms with Gasteiger partial charge in [0, 0.05) is 12.5 Å². The van der Waals surface area contributed by atoms with Gasteiger partial charge in [-0.3, -0.25) is 0 Å². The summed E-state index contributed by atoms with van der Waals surface area (Å²) in [7, 11) is 0. The molecule has 14 heavy (non-hydrogen) atoms. The van der Waals surface area contributed by atoms with Gasteiger partial charge in [0.05, 0.1) is 6.61 Å². The fourth-order valence-electron chi connectivity index (χ4n) is 1.59. The molecule has 0 bridgehead atoms. The Morgan fingerprint density at radius 3 is 2.50 bits per heavy atom. The van der Waals surface area contributed by atoms with Gasteiger partial charge in [0.1, 0.15) is 5.75 Å². The zero-order valence-electron chi connectivity index (χ0n) is 8.16. The van der Waals surface area contributed by atoms with Crippen molar-refractivity contribution in [2.45, 2.75) is 25.1 Å². The monoisotopic (exact) mass is 195 g/mol. The van der Waals surface area contributed by atoms with Crippen molar-refractivity contribution in [3.8, 4) is 5.75 Å². The van der Waals surface area contributed by atoms with E-state index < -0.39 is 5.67 Å². The largest absolute Gasteiger partial charge is 0.494 e. The van der Waals surface area contributed by atoms with Crippen LogP contribution in [0.2, 0.25) is 0 Å². The maximum absolute atomic E-state index is 13.8. The minimum Gasteiger partial charge on any atom is -0.494 e. The maximum Gasteiger partial charge on any atom is 0.152 e. The Morgan fingerprint density at radius 2 is 2.07 bits per heavy atom. The first kappa shape index (κ1) is 9.46. The van der Waals surface area contributed by atoms with Crippen LogP contribution in [0.5, 0.6) is 5.75 Å². The summed E-state index contributed by atoms with van der Waals surface area (Å²) in [5, 5.41) is 0. The second-order valence-corrected chi connectivity index (χ2v) is 3.63. The number of halogens is 1. The summed E-state index contributed by atoms with van der Waals surface area (Å²) < 4.78 is 19.0. The van der Waals surface area contributed by atoms with E-state index in [2.05, 4.69) is 0 Å². The molecule has 1 aromatic rings. The summed E-state index contributed by atoms with van der Waals surface area (Å²) in [6.45, 7) is 2.54. The molecule has 0 heterocycles. The van der Waals surface area contributed by atoms with Gasteiger partial charge in [-0.25, -0.2) is 4.39 Å². The summed E-state index contributed by atoms with van der Waals surface area (Å²) in [5.74, 6) is 0.772. The van der Waals surface area contributed by atoms with Crippen LogP contribution < -0.4 is 10.5 Å². The quantitative estimate of drug-likeness (QED) is 0.800. The molecule has 76 valence electrons. The number of rotatable bonds is 3. The standard InChI is InChI=1S/C11H14FNO/c1-2-14-9-5-3-8(4-6-9)11(12)7-10(11)13/h3-6,10H,2,7,13H2,1H3/t10-,11-/m0/s1. The van der Waals surface area contributed by atoms with E-state index in [9.17, 15) is 4.39 Å². The topological polar surface area (TPSA) is 35.2 Å². The Hall–Kier alpha value is -1.09. The molecular formula is C11H14FNO. The van der Waals surface area contributed by atoms with Crippen molar-refractivity contribution >= 4 is 0 Å². The van der Waals surface area contributed by atoms with Gasteiger partial charge in [-0.1, -0.05) is 12.1 Å². The molecule has 2 N–H and O–H groups in total. The third-order valence-corrected chi connectivity index (χ3v) is 2.59. The highest BCUT2D eigenvalue weighted by atomic mass is 19.1. The van der Waals surface area contributed by atoms with E-state index in [1.807, 2.05) is 6.92 Å². The van der Waals surface area contributed by atoms with Crippen molar-refractivity contribution in [2.75, 3.05) is 6.61 Å². The van der Waals surface area contributed by atoms with Crippen LogP contribution in [0, 0.1) is 0 Å². The zero-order valence-corrected chi connectivity index (χ0v) is 8.16. The van der Waals surface area contributed by atoms with Crippen LogP contribution in [0.15, 0.2) is 24.3 Å². The van der Waals surface area contributed by atoms with E-state index in [0.29, 0.717) is 18.6 Å². The van der Waals surface area contributed by atoms with Gasteiger partial charge in [-0.2, -0.15) is 0 Å². The van der Waals surface area contributed by atoms with Crippen LogP contribution in [0.3, 0.4) is 0 Å². The molecule has 0 unspecified atom stereocenters. The van der Waals surface area contributed by atoms with Crippen molar-refractivity contribution in [2.24, 2.45) is 5.73 Å². The van der Waals surface area contributed by atoms with Crippen molar-refractivity contribution in [1.82, 2.24) is 0 Å². The van der Waals surface area contributed by atoms with Crippen LogP contribution in [0.1, 0.15) is 18.9 Å².